The first-order chi connectivity index (χ1) is 6.68. The zero-order valence-corrected chi connectivity index (χ0v) is 8.11. The van der Waals surface area contributed by atoms with E-state index in [0.29, 0.717) is 0 Å². The molecule has 0 saturated heterocycles. The number of rotatable bonds is 3. The summed E-state index contributed by atoms with van der Waals surface area (Å²) in [5.74, 6) is -1.53. The lowest BCUT2D eigenvalue weighted by molar-refractivity contribution is 0.494. The van der Waals surface area contributed by atoms with Gasteiger partial charge in [0.2, 0.25) is 0 Å². The molecule has 0 atom stereocenters. The van der Waals surface area contributed by atoms with Crippen LogP contribution in [0.2, 0.25) is 0 Å². The zero-order chi connectivity index (χ0) is 10.2. The first kappa shape index (κ1) is 9.59. The highest BCUT2D eigenvalue weighted by Gasteiger charge is 2.43. The van der Waals surface area contributed by atoms with Gasteiger partial charge in [-0.25, -0.2) is 8.78 Å². The van der Waals surface area contributed by atoms with Crippen molar-refractivity contribution >= 4 is 0 Å². The fourth-order valence-electron chi connectivity index (χ4n) is 1.82. The Bertz CT molecular complexity index is 345. The highest BCUT2D eigenvalue weighted by atomic mass is 19.2. The van der Waals surface area contributed by atoms with E-state index in [4.69, 9.17) is 0 Å². The molecule has 0 aliphatic heterocycles. The van der Waals surface area contributed by atoms with Crippen molar-refractivity contribution in [1.29, 1.82) is 0 Å². The quantitative estimate of drug-likeness (QED) is 0.785. The minimum Gasteiger partial charge on any atom is -0.308 e. The molecule has 0 bridgehead atoms. The Kier molecular flexibility index (Phi) is 2.27. The number of hydrogen-bond donors (Lipinski definition) is 1. The van der Waals surface area contributed by atoms with Crippen LogP contribution in [0.3, 0.4) is 0 Å². The lowest BCUT2D eigenvalue weighted by Gasteiger charge is -2.16. The predicted octanol–water partition coefficient (Wildman–Crippen LogP) is 2.56. The van der Waals surface area contributed by atoms with Crippen molar-refractivity contribution in [1.82, 2.24) is 5.32 Å². The molecule has 0 spiro atoms. The van der Waals surface area contributed by atoms with Crippen molar-refractivity contribution in [2.24, 2.45) is 0 Å². The van der Waals surface area contributed by atoms with E-state index in [9.17, 15) is 8.78 Å². The van der Waals surface area contributed by atoms with Crippen LogP contribution in [0.4, 0.5) is 8.78 Å². The first-order valence-corrected chi connectivity index (χ1v) is 4.88. The smallest absolute Gasteiger partial charge is 0.159 e. The maximum absolute atomic E-state index is 13.0. The van der Waals surface area contributed by atoms with Crippen molar-refractivity contribution in [3.8, 4) is 0 Å². The standard InChI is InChI=1S/C11H13F2N/c1-2-14-11(5-6-11)8-3-4-9(12)10(13)7-8/h3-4,7,14H,2,5-6H2,1H3. The summed E-state index contributed by atoms with van der Waals surface area (Å²) in [6.07, 6.45) is 2.01. The van der Waals surface area contributed by atoms with Crippen LogP contribution in [0.1, 0.15) is 25.3 Å². The van der Waals surface area contributed by atoms with Gasteiger partial charge >= 0.3 is 0 Å². The van der Waals surface area contributed by atoms with E-state index >= 15 is 0 Å². The van der Waals surface area contributed by atoms with Crippen molar-refractivity contribution in [2.75, 3.05) is 6.54 Å². The molecule has 1 aliphatic rings. The largest absolute Gasteiger partial charge is 0.308 e. The summed E-state index contributed by atoms with van der Waals surface area (Å²) in [5.41, 5.74) is 0.779. The van der Waals surface area contributed by atoms with Gasteiger partial charge < -0.3 is 5.32 Å². The number of halogens is 2. The molecule has 76 valence electrons. The summed E-state index contributed by atoms with van der Waals surface area (Å²) >= 11 is 0. The summed E-state index contributed by atoms with van der Waals surface area (Å²) in [6.45, 7) is 2.86. The molecule has 0 aromatic heterocycles. The van der Waals surface area contributed by atoms with Gasteiger partial charge in [0.05, 0.1) is 0 Å². The SMILES string of the molecule is CCNC1(c2ccc(F)c(F)c2)CC1. The van der Waals surface area contributed by atoms with E-state index in [1.807, 2.05) is 6.92 Å². The van der Waals surface area contributed by atoms with Crippen LogP contribution in [0.15, 0.2) is 18.2 Å². The molecular weight excluding hydrogens is 184 g/mol. The molecule has 2 rings (SSSR count). The van der Waals surface area contributed by atoms with Gasteiger partial charge in [0.15, 0.2) is 11.6 Å². The number of benzene rings is 1. The molecule has 1 aromatic carbocycles. The second-order valence-electron chi connectivity index (χ2n) is 3.74. The van der Waals surface area contributed by atoms with E-state index in [-0.39, 0.29) is 5.54 Å². The van der Waals surface area contributed by atoms with Crippen molar-refractivity contribution in [3.63, 3.8) is 0 Å². The summed E-state index contributed by atoms with van der Waals surface area (Å²) in [5, 5.41) is 3.31. The molecular formula is C11H13F2N. The van der Waals surface area contributed by atoms with Crippen LogP contribution >= 0.6 is 0 Å². The van der Waals surface area contributed by atoms with Gasteiger partial charge in [-0.3, -0.25) is 0 Å². The Morgan fingerprint density at radius 3 is 2.50 bits per heavy atom. The minimum atomic E-state index is -0.777. The molecule has 0 unspecified atom stereocenters. The summed E-state index contributed by atoms with van der Waals surface area (Å²) in [7, 11) is 0. The summed E-state index contributed by atoms with van der Waals surface area (Å²) in [6, 6.07) is 4.15. The van der Waals surface area contributed by atoms with Crippen LogP contribution in [0.5, 0.6) is 0 Å². The van der Waals surface area contributed by atoms with Gasteiger partial charge in [0.25, 0.3) is 0 Å². The number of hydrogen-bond acceptors (Lipinski definition) is 1. The van der Waals surface area contributed by atoms with Crippen LogP contribution in [0.25, 0.3) is 0 Å². The van der Waals surface area contributed by atoms with E-state index in [2.05, 4.69) is 5.32 Å². The second-order valence-corrected chi connectivity index (χ2v) is 3.74. The van der Waals surface area contributed by atoms with Crippen molar-refractivity contribution in [3.05, 3.63) is 35.4 Å². The molecule has 0 radical (unpaired) electrons. The van der Waals surface area contributed by atoms with Gasteiger partial charge in [-0.2, -0.15) is 0 Å². The van der Waals surface area contributed by atoms with Gasteiger partial charge in [-0.05, 0) is 37.1 Å². The Labute approximate surface area is 82.1 Å². The lowest BCUT2D eigenvalue weighted by atomic mass is 10.0. The van der Waals surface area contributed by atoms with Gasteiger partial charge in [0.1, 0.15) is 0 Å². The highest BCUT2D eigenvalue weighted by molar-refractivity contribution is 5.31. The number of nitrogens with one attached hydrogen (secondary N) is 1. The molecule has 0 heterocycles. The van der Waals surface area contributed by atoms with Gasteiger partial charge in [-0.1, -0.05) is 13.0 Å². The molecule has 1 nitrogen and oxygen atoms in total. The van der Waals surface area contributed by atoms with Gasteiger partial charge in [-0.15, -0.1) is 0 Å². The average molecular weight is 197 g/mol. The van der Waals surface area contributed by atoms with Crippen LogP contribution in [-0.2, 0) is 5.54 Å². The lowest BCUT2D eigenvalue weighted by Crippen LogP contribution is -2.28. The summed E-state index contributed by atoms with van der Waals surface area (Å²) in [4.78, 5) is 0. The molecule has 14 heavy (non-hydrogen) atoms. The van der Waals surface area contributed by atoms with E-state index < -0.39 is 11.6 Å². The third kappa shape index (κ3) is 1.52. The predicted molar refractivity (Wildman–Crippen MR) is 50.9 cm³/mol. The topological polar surface area (TPSA) is 12.0 Å². The molecule has 3 heteroatoms. The van der Waals surface area contributed by atoms with Crippen molar-refractivity contribution < 1.29 is 8.78 Å². The summed E-state index contributed by atoms with van der Waals surface area (Å²) < 4.78 is 25.7. The molecule has 1 N–H and O–H groups in total. The fourth-order valence-corrected chi connectivity index (χ4v) is 1.82. The minimum absolute atomic E-state index is 0.0801. The molecule has 1 aromatic rings. The Morgan fingerprint density at radius 2 is 2.00 bits per heavy atom. The maximum Gasteiger partial charge on any atom is 0.159 e. The molecule has 1 saturated carbocycles. The van der Waals surface area contributed by atoms with E-state index in [1.165, 1.54) is 12.1 Å². The molecule has 1 aliphatic carbocycles. The molecule has 1 fully saturated rings. The monoisotopic (exact) mass is 197 g/mol. The van der Waals surface area contributed by atoms with Crippen molar-refractivity contribution in [2.45, 2.75) is 25.3 Å². The fraction of sp³-hybridized carbons (Fsp3) is 0.455. The third-order valence-corrected chi connectivity index (χ3v) is 2.74. The maximum atomic E-state index is 13.0. The Balaban J connectivity index is 2.28. The Morgan fingerprint density at radius 1 is 1.29 bits per heavy atom. The average Bonchev–Trinajstić information content (AvgIpc) is 2.91. The Hall–Kier alpha value is -0.960. The van der Waals surface area contributed by atoms with E-state index in [0.717, 1.165) is 24.9 Å². The molecule has 0 amide bonds. The third-order valence-electron chi connectivity index (χ3n) is 2.74. The highest BCUT2D eigenvalue weighted by Crippen LogP contribution is 2.45. The van der Waals surface area contributed by atoms with Crippen LogP contribution < -0.4 is 5.32 Å². The van der Waals surface area contributed by atoms with Crippen LogP contribution in [0, 0.1) is 11.6 Å². The van der Waals surface area contributed by atoms with Crippen LogP contribution in [-0.4, -0.2) is 6.54 Å². The van der Waals surface area contributed by atoms with E-state index in [1.54, 1.807) is 6.07 Å². The van der Waals surface area contributed by atoms with Gasteiger partial charge in [0, 0.05) is 5.54 Å². The second kappa shape index (κ2) is 3.31. The first-order valence-electron chi connectivity index (χ1n) is 4.88. The zero-order valence-electron chi connectivity index (χ0n) is 8.11. The normalized spacial score (nSPS) is 18.2.